The van der Waals surface area contributed by atoms with Crippen LogP contribution in [-0.4, -0.2) is 75.7 Å². The van der Waals surface area contributed by atoms with Crippen molar-refractivity contribution >= 4 is 71.0 Å². The number of carbonyl (C=O) groups excluding carboxylic acids is 8. The van der Waals surface area contributed by atoms with E-state index in [1.165, 1.54) is 9.80 Å². The Balaban J connectivity index is 0.000000224. The van der Waals surface area contributed by atoms with E-state index in [4.69, 9.17) is 5.73 Å². The van der Waals surface area contributed by atoms with Gasteiger partial charge in [0.25, 0.3) is 11.8 Å². The quantitative estimate of drug-likeness (QED) is 0.227. The second-order valence-corrected chi connectivity index (χ2v) is 12.6. The summed E-state index contributed by atoms with van der Waals surface area (Å²) in [7, 11) is 0. The van der Waals surface area contributed by atoms with E-state index in [1.54, 1.807) is 36.4 Å². The molecule has 51 heavy (non-hydrogen) atoms. The first-order chi connectivity index (χ1) is 24.0. The Hall–Kier alpha value is -5.15. The summed E-state index contributed by atoms with van der Waals surface area (Å²) in [5.41, 5.74) is 8.98. The number of nitrogens with two attached hydrogens (primary N) is 1. The Morgan fingerprint density at radius 1 is 0.725 bits per heavy atom. The van der Waals surface area contributed by atoms with Crippen molar-refractivity contribution in [2.45, 2.75) is 89.9 Å². The van der Waals surface area contributed by atoms with Gasteiger partial charge in [-0.1, -0.05) is 25.5 Å². The number of carbonyl (C=O) groups is 8. The number of imide groups is 2. The lowest BCUT2D eigenvalue weighted by Crippen LogP contribution is -2.52. The second kappa shape index (κ2) is 17.2. The molecule has 272 valence electrons. The smallest absolute Gasteiger partial charge is 0.255 e. The highest BCUT2D eigenvalue weighted by Crippen LogP contribution is 2.34. The summed E-state index contributed by atoms with van der Waals surface area (Å²) < 4.78 is 0. The maximum absolute atomic E-state index is 12.7. The van der Waals surface area contributed by atoms with Gasteiger partial charge in [-0.05, 0) is 56.5 Å². The van der Waals surface area contributed by atoms with Gasteiger partial charge in [0.1, 0.15) is 12.1 Å². The molecule has 0 aromatic heterocycles. The van der Waals surface area contributed by atoms with Crippen molar-refractivity contribution in [1.82, 2.24) is 20.4 Å². The van der Waals surface area contributed by atoms with Gasteiger partial charge in [0.2, 0.25) is 35.4 Å². The van der Waals surface area contributed by atoms with E-state index in [-0.39, 0.29) is 73.8 Å². The summed E-state index contributed by atoms with van der Waals surface area (Å²) in [6.07, 6.45) is 4.13. The summed E-state index contributed by atoms with van der Waals surface area (Å²) in [6, 6.07) is 8.98. The highest BCUT2D eigenvalue weighted by Gasteiger charge is 2.41. The third-order valence-electron chi connectivity index (χ3n) is 9.08. The van der Waals surface area contributed by atoms with Crippen molar-refractivity contribution in [1.29, 1.82) is 0 Å². The maximum Gasteiger partial charge on any atom is 0.255 e. The summed E-state index contributed by atoms with van der Waals surface area (Å²) in [6.45, 7) is 2.94. The first-order valence-corrected chi connectivity index (χ1v) is 16.8. The Kier molecular flexibility index (Phi) is 13.0. The van der Waals surface area contributed by atoms with Crippen molar-refractivity contribution in [2.75, 3.05) is 17.2 Å². The van der Waals surface area contributed by atoms with E-state index in [0.29, 0.717) is 66.7 Å². The number of halogens is 1. The van der Waals surface area contributed by atoms with Gasteiger partial charge in [0.05, 0.1) is 0 Å². The molecule has 2 fully saturated rings. The molecular formula is C35H42ClN7O8. The zero-order valence-electron chi connectivity index (χ0n) is 28.3. The average molecular weight is 724 g/mol. The monoisotopic (exact) mass is 723 g/mol. The molecule has 0 radical (unpaired) electrons. The maximum atomic E-state index is 12.7. The topological polar surface area (TPSA) is 217 Å². The van der Waals surface area contributed by atoms with Crippen molar-refractivity contribution in [3.8, 4) is 0 Å². The molecule has 6 N–H and O–H groups in total. The molecule has 15 nitrogen and oxygen atoms in total. The Bertz CT molecular complexity index is 1620. The van der Waals surface area contributed by atoms with Crippen LogP contribution in [0.2, 0.25) is 0 Å². The van der Waals surface area contributed by atoms with Crippen LogP contribution in [0.1, 0.15) is 96.6 Å². The van der Waals surface area contributed by atoms with Crippen LogP contribution in [0.4, 0.5) is 11.4 Å². The van der Waals surface area contributed by atoms with Crippen LogP contribution in [0, 0.1) is 0 Å². The van der Waals surface area contributed by atoms with E-state index in [1.807, 2.05) is 6.92 Å². The lowest BCUT2D eigenvalue weighted by Gasteiger charge is -2.29. The standard InChI is InChI=1S/C18H21N3O4.C17H20N4O4.ClH/c1-2-3-7-15(22)19-13-6-4-5-11-12(13)10-21(18(11)25)14-8-9-16(23)20-17(14)24;18-8-2-5-14(22)19-12-4-1-3-10-11(12)9-21(17(10)25)13-6-7-15(23)20-16(13)24;/h4-6,14H,2-3,7-10H2,1H3,(H,19,22)(H,20,23,24);1,3-4,13H,2,5-9,18H2,(H,19,22)(H,20,23,24);1H. The zero-order valence-corrected chi connectivity index (χ0v) is 29.1. The molecule has 0 aliphatic carbocycles. The lowest BCUT2D eigenvalue weighted by atomic mass is 10.0. The Labute approximate surface area is 300 Å². The average Bonchev–Trinajstić information content (AvgIpc) is 3.60. The lowest BCUT2D eigenvalue weighted by molar-refractivity contribution is -0.138. The molecule has 2 aromatic carbocycles. The molecule has 0 spiro atoms. The number of nitrogens with one attached hydrogen (secondary N) is 4. The van der Waals surface area contributed by atoms with Crippen molar-refractivity contribution in [3.05, 3.63) is 58.7 Å². The minimum atomic E-state index is -0.668. The molecule has 2 saturated heterocycles. The first kappa shape index (κ1) is 38.6. The molecule has 2 atom stereocenters. The van der Waals surface area contributed by atoms with E-state index in [0.717, 1.165) is 18.4 Å². The van der Waals surface area contributed by atoms with Crippen LogP contribution >= 0.6 is 12.4 Å². The second-order valence-electron chi connectivity index (χ2n) is 12.6. The summed E-state index contributed by atoms with van der Waals surface area (Å²) in [5, 5.41) is 10.2. The Morgan fingerprint density at radius 2 is 1.16 bits per heavy atom. The summed E-state index contributed by atoms with van der Waals surface area (Å²) in [4.78, 5) is 99.0. The van der Waals surface area contributed by atoms with Gasteiger partial charge in [-0.15, -0.1) is 12.4 Å². The minimum absolute atomic E-state index is 0. The molecular weight excluding hydrogens is 682 g/mol. The van der Waals surface area contributed by atoms with Crippen LogP contribution in [0.15, 0.2) is 36.4 Å². The molecule has 4 aliphatic heterocycles. The number of hydrogen-bond acceptors (Lipinski definition) is 9. The Morgan fingerprint density at radius 3 is 1.55 bits per heavy atom. The van der Waals surface area contributed by atoms with Crippen LogP contribution < -0.4 is 27.0 Å². The van der Waals surface area contributed by atoms with Crippen LogP contribution in [0.25, 0.3) is 0 Å². The van der Waals surface area contributed by atoms with Gasteiger partial charge in [-0.25, -0.2) is 0 Å². The van der Waals surface area contributed by atoms with E-state index in [2.05, 4.69) is 21.3 Å². The molecule has 2 aromatic rings. The van der Waals surface area contributed by atoms with Crippen LogP contribution in [0.5, 0.6) is 0 Å². The van der Waals surface area contributed by atoms with Crippen molar-refractivity contribution in [2.24, 2.45) is 5.73 Å². The molecule has 0 saturated carbocycles. The molecule has 6 rings (SSSR count). The van der Waals surface area contributed by atoms with Crippen LogP contribution in [-0.2, 0) is 41.9 Å². The molecule has 2 unspecified atom stereocenters. The van der Waals surface area contributed by atoms with Gasteiger partial charge >= 0.3 is 0 Å². The number of piperidine rings is 2. The molecule has 0 bridgehead atoms. The summed E-state index contributed by atoms with van der Waals surface area (Å²) in [5.74, 6) is -2.27. The van der Waals surface area contributed by atoms with Gasteiger partial charge in [-0.2, -0.15) is 0 Å². The number of anilines is 2. The zero-order chi connectivity index (χ0) is 35.9. The van der Waals surface area contributed by atoms with Gasteiger partial charge < -0.3 is 26.2 Å². The molecule has 16 heteroatoms. The molecule has 4 aliphatic rings. The predicted molar refractivity (Wildman–Crippen MR) is 187 cm³/mol. The fraction of sp³-hybridized carbons (Fsp3) is 0.429. The number of fused-ring (bicyclic) bond motifs is 2. The molecule has 8 amide bonds. The number of benzene rings is 2. The van der Waals surface area contributed by atoms with Crippen molar-refractivity contribution in [3.63, 3.8) is 0 Å². The van der Waals surface area contributed by atoms with Gasteiger partial charge in [0.15, 0.2) is 0 Å². The number of amides is 8. The van der Waals surface area contributed by atoms with Gasteiger partial charge in [-0.3, -0.25) is 49.0 Å². The minimum Gasteiger partial charge on any atom is -0.330 e. The van der Waals surface area contributed by atoms with E-state index < -0.39 is 23.9 Å². The number of hydrogen-bond donors (Lipinski definition) is 5. The third-order valence-corrected chi connectivity index (χ3v) is 9.08. The van der Waals surface area contributed by atoms with E-state index >= 15 is 0 Å². The predicted octanol–water partition coefficient (Wildman–Crippen LogP) is 2.12. The SMILES string of the molecule is CCCCC(=O)Nc1cccc2c1CN(C1CCC(=O)NC1=O)C2=O.Cl.NCCCC(=O)Nc1cccc2c1CN(C1CCC(=O)NC1=O)C2=O. The van der Waals surface area contributed by atoms with Crippen LogP contribution in [0.3, 0.4) is 0 Å². The van der Waals surface area contributed by atoms with E-state index in [9.17, 15) is 38.4 Å². The third kappa shape index (κ3) is 8.78. The molecule has 4 heterocycles. The number of nitrogens with zero attached hydrogens (tertiary/aromatic N) is 2. The number of unbranched alkanes of at least 4 members (excludes halogenated alkanes) is 1. The van der Waals surface area contributed by atoms with Crippen molar-refractivity contribution < 1.29 is 38.4 Å². The largest absolute Gasteiger partial charge is 0.330 e. The summed E-state index contributed by atoms with van der Waals surface area (Å²) >= 11 is 0. The first-order valence-electron chi connectivity index (χ1n) is 16.8. The fourth-order valence-corrected chi connectivity index (χ4v) is 6.43. The fourth-order valence-electron chi connectivity index (χ4n) is 6.43. The number of rotatable bonds is 10. The normalized spacial score (nSPS) is 19.3. The highest BCUT2D eigenvalue weighted by molar-refractivity contribution is 6.08. The van der Waals surface area contributed by atoms with Gasteiger partial charge in [0, 0.05) is 72.4 Å². The highest BCUT2D eigenvalue weighted by atomic mass is 35.5.